The Bertz CT molecular complexity index is 1090. The summed E-state index contributed by atoms with van der Waals surface area (Å²) in [5.74, 6) is -2.56. The minimum Gasteiger partial charge on any atom is -0.346 e. The second-order valence-corrected chi connectivity index (χ2v) is 14.4. The molecule has 0 aromatic rings. The fourth-order valence-corrected chi connectivity index (χ4v) is 5.51. The van der Waals surface area contributed by atoms with Crippen LogP contribution in [0, 0.1) is 10.8 Å². The molecule has 2 heterocycles. The Morgan fingerprint density at radius 1 is 0.953 bits per heavy atom. The van der Waals surface area contributed by atoms with Gasteiger partial charge < -0.3 is 26.2 Å². The number of amides is 5. The molecule has 4 unspecified atom stereocenters. The number of hydrazine groups is 1. The standard InChI is InChI=1S/C29H49N7O6S/c1-10-13-30-25(40)22(38)18(2)31-24(39)20-12-11-14-35(20)26(41)23(29(7,8)9)33-27(42)32-21(28(4,5)6)17-34-15-16-36(34)43-19(3)37/h10,18,20-21,23H,1,11-17H2,2-9H3,(H,30,40)(H,31,39)(H2,32,33,42). The third-order valence-electron chi connectivity index (χ3n) is 7.45. The van der Waals surface area contributed by atoms with Gasteiger partial charge >= 0.3 is 6.03 Å². The van der Waals surface area contributed by atoms with Gasteiger partial charge in [-0.15, -0.1) is 6.58 Å². The zero-order valence-electron chi connectivity index (χ0n) is 26.7. The first-order chi connectivity index (χ1) is 19.9. The van der Waals surface area contributed by atoms with Gasteiger partial charge in [0.2, 0.25) is 22.7 Å². The van der Waals surface area contributed by atoms with Crippen LogP contribution in [0.25, 0.3) is 0 Å². The molecule has 2 rings (SSSR count). The molecule has 0 saturated carbocycles. The van der Waals surface area contributed by atoms with E-state index in [4.69, 9.17) is 0 Å². The van der Waals surface area contributed by atoms with E-state index in [2.05, 4.69) is 27.8 Å². The number of hydrogen-bond acceptors (Lipinski definition) is 9. The maximum Gasteiger partial charge on any atom is 0.315 e. The molecule has 4 atom stereocenters. The molecule has 5 amide bonds. The minimum atomic E-state index is -1.08. The van der Waals surface area contributed by atoms with Crippen LogP contribution < -0.4 is 21.3 Å². The Morgan fingerprint density at radius 2 is 1.60 bits per heavy atom. The average molecular weight is 624 g/mol. The normalized spacial score (nSPS) is 19.8. The van der Waals surface area contributed by atoms with Crippen molar-refractivity contribution in [2.75, 3.05) is 32.7 Å². The van der Waals surface area contributed by atoms with Crippen molar-refractivity contribution in [1.29, 1.82) is 0 Å². The quantitative estimate of drug-likeness (QED) is 0.142. The number of Topliss-reactive ketones (excluding diaryl/α,β-unsaturated/α-hetero) is 1. The van der Waals surface area contributed by atoms with Gasteiger partial charge in [-0.25, -0.2) is 9.80 Å². The highest BCUT2D eigenvalue weighted by Crippen LogP contribution is 2.28. The first kappa shape index (κ1) is 36.2. The number of rotatable bonds is 12. The number of hydrogen-bond donors (Lipinski definition) is 4. The largest absolute Gasteiger partial charge is 0.346 e. The Hall–Kier alpha value is -2.97. The Labute approximate surface area is 259 Å². The molecule has 0 aromatic carbocycles. The molecule has 43 heavy (non-hydrogen) atoms. The third kappa shape index (κ3) is 10.3. The Balaban J connectivity index is 2.11. The van der Waals surface area contributed by atoms with Crippen LogP contribution in [0.5, 0.6) is 0 Å². The van der Waals surface area contributed by atoms with Gasteiger partial charge in [0, 0.05) is 57.6 Å². The highest BCUT2D eigenvalue weighted by Gasteiger charge is 2.43. The second-order valence-electron chi connectivity index (χ2n) is 13.2. The summed E-state index contributed by atoms with van der Waals surface area (Å²) in [6.45, 7) is 20.4. The SMILES string of the molecule is C=CCNC(=O)C(=O)C(C)NC(=O)C1CCCN1C(=O)C(NC(=O)NC(CN1CCN1SC(C)=O)C(C)(C)C)C(C)(C)C. The highest BCUT2D eigenvalue weighted by atomic mass is 32.2. The van der Waals surface area contributed by atoms with Crippen molar-refractivity contribution in [2.45, 2.75) is 92.4 Å². The van der Waals surface area contributed by atoms with Crippen LogP contribution in [-0.4, -0.2) is 106 Å². The van der Waals surface area contributed by atoms with Gasteiger partial charge in [0.1, 0.15) is 12.1 Å². The van der Waals surface area contributed by atoms with E-state index in [9.17, 15) is 28.8 Å². The van der Waals surface area contributed by atoms with Crippen LogP contribution >= 0.6 is 11.9 Å². The summed E-state index contributed by atoms with van der Waals surface area (Å²) < 4.78 is 1.88. The predicted molar refractivity (Wildman–Crippen MR) is 165 cm³/mol. The van der Waals surface area contributed by atoms with E-state index in [-0.39, 0.29) is 23.1 Å². The summed E-state index contributed by atoms with van der Waals surface area (Å²) in [6.07, 6.45) is 2.40. The highest BCUT2D eigenvalue weighted by molar-refractivity contribution is 8.11. The van der Waals surface area contributed by atoms with E-state index in [1.807, 2.05) is 51.0 Å². The number of urea groups is 1. The molecule has 0 spiro atoms. The summed E-state index contributed by atoms with van der Waals surface area (Å²) in [5.41, 5.74) is -1.01. The lowest BCUT2D eigenvalue weighted by Gasteiger charge is -2.46. The summed E-state index contributed by atoms with van der Waals surface area (Å²) in [6, 6.07) is -3.68. The molecule has 2 aliphatic rings. The van der Waals surface area contributed by atoms with E-state index < -0.39 is 53.1 Å². The van der Waals surface area contributed by atoms with E-state index >= 15 is 0 Å². The molecule has 2 fully saturated rings. The van der Waals surface area contributed by atoms with Gasteiger partial charge in [-0.3, -0.25) is 24.0 Å². The molecule has 4 N–H and O–H groups in total. The maximum atomic E-state index is 13.9. The van der Waals surface area contributed by atoms with Crippen LogP contribution in [0.4, 0.5) is 4.79 Å². The predicted octanol–water partition coefficient (Wildman–Crippen LogP) is 1.21. The van der Waals surface area contributed by atoms with E-state index in [0.29, 0.717) is 25.9 Å². The van der Waals surface area contributed by atoms with Crippen LogP contribution in [0.2, 0.25) is 0 Å². The summed E-state index contributed by atoms with van der Waals surface area (Å²) >= 11 is 1.13. The fraction of sp³-hybridized carbons (Fsp3) is 0.724. The molecule has 13 nitrogen and oxygen atoms in total. The lowest BCUT2D eigenvalue weighted by molar-refractivity contribution is -0.143. The van der Waals surface area contributed by atoms with E-state index in [0.717, 1.165) is 25.0 Å². The van der Waals surface area contributed by atoms with Crippen molar-refractivity contribution in [3.63, 3.8) is 0 Å². The Morgan fingerprint density at radius 3 is 2.12 bits per heavy atom. The minimum absolute atomic E-state index is 0.0155. The molecular formula is C29H49N7O6S. The molecule has 2 aliphatic heterocycles. The van der Waals surface area contributed by atoms with Crippen LogP contribution in [0.15, 0.2) is 12.7 Å². The lowest BCUT2D eigenvalue weighted by Crippen LogP contribution is -2.63. The van der Waals surface area contributed by atoms with E-state index in [1.54, 1.807) is 0 Å². The summed E-state index contributed by atoms with van der Waals surface area (Å²) in [4.78, 5) is 77.8. The summed E-state index contributed by atoms with van der Waals surface area (Å²) in [7, 11) is 0. The van der Waals surface area contributed by atoms with Gasteiger partial charge in [0.25, 0.3) is 5.91 Å². The van der Waals surface area contributed by atoms with Gasteiger partial charge in [0.05, 0.1) is 6.04 Å². The number of nitrogens with one attached hydrogen (secondary N) is 4. The van der Waals surface area contributed by atoms with Gasteiger partial charge in [0.15, 0.2) is 0 Å². The maximum absolute atomic E-state index is 13.9. The molecule has 2 saturated heterocycles. The van der Waals surface area contributed by atoms with Crippen LogP contribution in [0.1, 0.15) is 68.2 Å². The number of ketones is 1. The van der Waals surface area contributed by atoms with Crippen molar-refractivity contribution in [3.05, 3.63) is 12.7 Å². The van der Waals surface area contributed by atoms with Crippen molar-refractivity contribution >= 4 is 46.6 Å². The first-order valence-corrected chi connectivity index (χ1v) is 15.5. The number of carbonyl (C=O) groups is 6. The molecule has 0 aliphatic carbocycles. The lowest BCUT2D eigenvalue weighted by atomic mass is 9.85. The number of nitrogens with zero attached hydrogens (tertiary/aromatic N) is 3. The summed E-state index contributed by atoms with van der Waals surface area (Å²) in [5, 5.41) is 12.9. The number of likely N-dealkylation sites (tertiary alicyclic amines) is 1. The smallest absolute Gasteiger partial charge is 0.315 e. The van der Waals surface area contributed by atoms with Gasteiger partial charge in [-0.05, 0) is 30.6 Å². The van der Waals surface area contributed by atoms with Crippen molar-refractivity contribution in [3.8, 4) is 0 Å². The van der Waals surface area contributed by atoms with Crippen molar-refractivity contribution in [1.82, 2.24) is 35.6 Å². The molecule has 0 bridgehead atoms. The Kier molecular flexibility index (Phi) is 12.8. The average Bonchev–Trinajstić information content (AvgIpc) is 3.38. The van der Waals surface area contributed by atoms with Gasteiger partial charge in [-0.2, -0.15) is 4.41 Å². The third-order valence-corrected chi connectivity index (χ3v) is 8.33. The van der Waals surface area contributed by atoms with Crippen LogP contribution in [0.3, 0.4) is 0 Å². The van der Waals surface area contributed by atoms with Crippen LogP contribution in [-0.2, 0) is 24.0 Å². The topological polar surface area (TPSA) is 160 Å². The fourth-order valence-electron chi connectivity index (χ4n) is 4.78. The molecule has 0 aromatic heterocycles. The second kappa shape index (κ2) is 15.2. The van der Waals surface area contributed by atoms with Gasteiger partial charge in [-0.1, -0.05) is 47.6 Å². The van der Waals surface area contributed by atoms with Crippen molar-refractivity contribution in [2.24, 2.45) is 10.8 Å². The zero-order chi connectivity index (χ0) is 32.7. The van der Waals surface area contributed by atoms with Crippen molar-refractivity contribution < 1.29 is 28.8 Å². The molecule has 242 valence electrons. The zero-order valence-corrected chi connectivity index (χ0v) is 27.6. The molecular weight excluding hydrogens is 574 g/mol. The monoisotopic (exact) mass is 623 g/mol. The molecule has 14 heteroatoms. The first-order valence-electron chi connectivity index (χ1n) is 14.7. The molecule has 0 radical (unpaired) electrons. The van der Waals surface area contributed by atoms with E-state index in [1.165, 1.54) is 24.8 Å². The number of carbonyl (C=O) groups excluding carboxylic acids is 6.